The number of carbonyl (C=O) groups excluding carboxylic acids is 2. The summed E-state index contributed by atoms with van der Waals surface area (Å²) in [6.45, 7) is 1.47. The van der Waals surface area contributed by atoms with E-state index in [-0.39, 0.29) is 5.91 Å². The lowest BCUT2D eigenvalue weighted by Gasteiger charge is -2.19. The number of carbonyl (C=O) groups is 2. The van der Waals surface area contributed by atoms with Crippen molar-refractivity contribution in [2.45, 2.75) is 6.92 Å². The van der Waals surface area contributed by atoms with Gasteiger partial charge in [0.2, 0.25) is 5.91 Å². The molecule has 0 atom stereocenters. The zero-order chi connectivity index (χ0) is 13.9. The van der Waals surface area contributed by atoms with Crippen LogP contribution in [-0.2, 0) is 9.53 Å². The van der Waals surface area contributed by atoms with Crippen LogP contribution in [0.2, 0.25) is 0 Å². The molecule has 1 aromatic carbocycles. The van der Waals surface area contributed by atoms with E-state index in [1.54, 1.807) is 19.2 Å². The largest absolute Gasteiger partial charge is 0.496 e. The van der Waals surface area contributed by atoms with Gasteiger partial charge in [-0.15, -0.1) is 0 Å². The van der Waals surface area contributed by atoms with Gasteiger partial charge in [0.05, 0.1) is 19.9 Å². The predicted octanol–water partition coefficient (Wildman–Crippen LogP) is 2.07. The number of halogens is 1. The Morgan fingerprint density at radius 1 is 1.28 bits per heavy atom. The molecule has 0 fully saturated rings. The number of ether oxygens (including phenoxy) is 2. The van der Waals surface area contributed by atoms with Crippen molar-refractivity contribution in [1.29, 1.82) is 0 Å². The molecule has 0 bridgehead atoms. The maximum Gasteiger partial charge on any atom is 0.341 e. The molecule has 0 heterocycles. The summed E-state index contributed by atoms with van der Waals surface area (Å²) >= 11 is 2.06. The minimum atomic E-state index is -0.471. The number of anilines is 1. The second-order valence-corrected chi connectivity index (χ2v) is 4.74. The minimum absolute atomic E-state index is 0.0965. The van der Waals surface area contributed by atoms with Crippen molar-refractivity contribution in [3.8, 4) is 5.75 Å². The van der Waals surface area contributed by atoms with Gasteiger partial charge in [-0.1, -0.05) is 0 Å². The Kier molecular flexibility index (Phi) is 4.94. The third-order valence-electron chi connectivity index (χ3n) is 2.51. The standard InChI is InChI=1S/C12H14INO4/c1-7(15)14(2)10-6-11(17-3)8(5-9(10)13)12(16)18-4/h5-6H,1-4H3. The van der Waals surface area contributed by atoms with Crippen LogP contribution >= 0.6 is 22.6 Å². The Hall–Kier alpha value is -1.31. The first-order valence-electron chi connectivity index (χ1n) is 5.12. The molecular weight excluding hydrogens is 349 g/mol. The third kappa shape index (κ3) is 2.92. The number of hydrogen-bond donors (Lipinski definition) is 0. The number of rotatable bonds is 3. The van der Waals surface area contributed by atoms with Gasteiger partial charge in [0, 0.05) is 23.6 Å². The van der Waals surface area contributed by atoms with Crippen LogP contribution in [0.25, 0.3) is 0 Å². The molecule has 0 aliphatic carbocycles. The number of amides is 1. The Balaban J connectivity index is 3.35. The van der Waals surface area contributed by atoms with Crippen molar-refractivity contribution in [2.24, 2.45) is 0 Å². The Labute approximate surface area is 119 Å². The van der Waals surface area contributed by atoms with E-state index >= 15 is 0 Å². The van der Waals surface area contributed by atoms with E-state index in [4.69, 9.17) is 4.74 Å². The first-order chi connectivity index (χ1) is 8.42. The number of methoxy groups -OCH3 is 2. The van der Waals surface area contributed by atoms with E-state index in [9.17, 15) is 9.59 Å². The fourth-order valence-electron chi connectivity index (χ4n) is 1.41. The van der Waals surface area contributed by atoms with Crippen molar-refractivity contribution in [3.05, 3.63) is 21.3 Å². The number of esters is 1. The molecule has 0 aromatic heterocycles. The van der Waals surface area contributed by atoms with E-state index in [2.05, 4.69) is 27.3 Å². The van der Waals surface area contributed by atoms with Crippen molar-refractivity contribution in [2.75, 3.05) is 26.2 Å². The Morgan fingerprint density at radius 3 is 2.33 bits per heavy atom. The van der Waals surface area contributed by atoms with Gasteiger partial charge < -0.3 is 14.4 Å². The number of nitrogens with zero attached hydrogens (tertiary/aromatic N) is 1. The quantitative estimate of drug-likeness (QED) is 0.610. The molecule has 5 nitrogen and oxygen atoms in total. The molecule has 6 heteroatoms. The summed E-state index contributed by atoms with van der Waals surface area (Å²) < 4.78 is 10.6. The van der Waals surface area contributed by atoms with E-state index in [0.717, 1.165) is 3.57 Å². The summed E-state index contributed by atoms with van der Waals surface area (Å²) in [4.78, 5) is 24.4. The summed E-state index contributed by atoms with van der Waals surface area (Å²) in [6, 6.07) is 3.29. The van der Waals surface area contributed by atoms with Crippen LogP contribution in [-0.4, -0.2) is 33.1 Å². The average Bonchev–Trinajstić information content (AvgIpc) is 2.36. The topological polar surface area (TPSA) is 55.8 Å². The maximum absolute atomic E-state index is 11.6. The Bertz CT molecular complexity index is 487. The molecule has 0 radical (unpaired) electrons. The molecule has 0 unspecified atom stereocenters. The van der Waals surface area contributed by atoms with Crippen molar-refractivity contribution < 1.29 is 19.1 Å². The molecule has 0 aliphatic heterocycles. The normalized spacial score (nSPS) is 9.83. The van der Waals surface area contributed by atoms with Crippen LogP contribution in [0.3, 0.4) is 0 Å². The minimum Gasteiger partial charge on any atom is -0.496 e. The molecule has 1 rings (SSSR count). The van der Waals surface area contributed by atoms with Crippen LogP contribution in [0.5, 0.6) is 5.75 Å². The van der Waals surface area contributed by atoms with Crippen LogP contribution in [0.1, 0.15) is 17.3 Å². The summed E-state index contributed by atoms with van der Waals surface area (Å²) in [6.07, 6.45) is 0. The molecule has 0 N–H and O–H groups in total. The van der Waals surface area contributed by atoms with Gasteiger partial charge >= 0.3 is 5.97 Å². The monoisotopic (exact) mass is 363 g/mol. The van der Waals surface area contributed by atoms with Crippen LogP contribution in [0, 0.1) is 3.57 Å². The van der Waals surface area contributed by atoms with E-state index < -0.39 is 5.97 Å². The number of hydrogen-bond acceptors (Lipinski definition) is 4. The van der Waals surface area contributed by atoms with E-state index in [1.807, 2.05) is 0 Å². The highest BCUT2D eigenvalue weighted by molar-refractivity contribution is 14.1. The summed E-state index contributed by atoms with van der Waals surface area (Å²) in [5.74, 6) is -0.187. The first kappa shape index (κ1) is 14.7. The molecule has 1 amide bonds. The van der Waals surface area contributed by atoms with E-state index in [1.165, 1.54) is 26.0 Å². The molecule has 18 heavy (non-hydrogen) atoms. The fourth-order valence-corrected chi connectivity index (χ4v) is 2.24. The molecule has 0 aliphatic rings. The second kappa shape index (κ2) is 6.03. The highest BCUT2D eigenvalue weighted by Crippen LogP contribution is 2.31. The van der Waals surface area contributed by atoms with Crippen molar-refractivity contribution in [3.63, 3.8) is 0 Å². The first-order valence-corrected chi connectivity index (χ1v) is 6.20. The molecule has 1 aromatic rings. The average molecular weight is 363 g/mol. The third-order valence-corrected chi connectivity index (χ3v) is 3.37. The van der Waals surface area contributed by atoms with Gasteiger partial charge in [-0.05, 0) is 28.7 Å². The molecule has 0 spiro atoms. The van der Waals surface area contributed by atoms with Gasteiger partial charge in [0.15, 0.2) is 0 Å². The molecule has 0 saturated heterocycles. The van der Waals surface area contributed by atoms with Gasteiger partial charge in [-0.2, -0.15) is 0 Å². The molecule has 98 valence electrons. The second-order valence-electron chi connectivity index (χ2n) is 3.57. The van der Waals surface area contributed by atoms with Gasteiger partial charge in [0.1, 0.15) is 11.3 Å². The van der Waals surface area contributed by atoms with Crippen LogP contribution < -0.4 is 9.64 Å². The van der Waals surface area contributed by atoms with Crippen LogP contribution in [0.15, 0.2) is 12.1 Å². The zero-order valence-electron chi connectivity index (χ0n) is 10.6. The highest BCUT2D eigenvalue weighted by atomic mass is 127. The van der Waals surface area contributed by atoms with Crippen LogP contribution in [0.4, 0.5) is 5.69 Å². The lowest BCUT2D eigenvalue weighted by Crippen LogP contribution is -2.24. The van der Waals surface area contributed by atoms with Gasteiger partial charge in [-0.25, -0.2) is 4.79 Å². The Morgan fingerprint density at radius 2 is 1.89 bits per heavy atom. The van der Waals surface area contributed by atoms with Gasteiger partial charge in [-0.3, -0.25) is 4.79 Å². The lowest BCUT2D eigenvalue weighted by molar-refractivity contribution is -0.116. The van der Waals surface area contributed by atoms with Crippen molar-refractivity contribution in [1.82, 2.24) is 0 Å². The maximum atomic E-state index is 11.6. The molecule has 0 saturated carbocycles. The predicted molar refractivity (Wildman–Crippen MR) is 76.1 cm³/mol. The number of benzene rings is 1. The molecular formula is C12H14INO4. The van der Waals surface area contributed by atoms with E-state index in [0.29, 0.717) is 17.0 Å². The van der Waals surface area contributed by atoms with Crippen molar-refractivity contribution >= 4 is 40.2 Å². The zero-order valence-corrected chi connectivity index (χ0v) is 12.8. The summed E-state index contributed by atoms with van der Waals surface area (Å²) in [5.41, 5.74) is 1.03. The SMILES string of the molecule is COC(=O)c1cc(I)c(N(C)C(C)=O)cc1OC. The summed E-state index contributed by atoms with van der Waals surface area (Å²) in [7, 11) is 4.44. The lowest BCUT2D eigenvalue weighted by atomic mass is 10.1. The smallest absolute Gasteiger partial charge is 0.341 e. The highest BCUT2D eigenvalue weighted by Gasteiger charge is 2.18. The van der Waals surface area contributed by atoms with Gasteiger partial charge in [0.25, 0.3) is 0 Å². The fraction of sp³-hybridized carbons (Fsp3) is 0.333. The summed E-state index contributed by atoms with van der Waals surface area (Å²) in [5, 5.41) is 0.